The lowest BCUT2D eigenvalue weighted by Crippen LogP contribution is -2.33. The molecule has 0 unspecified atom stereocenters. The van der Waals surface area contributed by atoms with Crippen molar-refractivity contribution in [1.82, 2.24) is 9.80 Å². The van der Waals surface area contributed by atoms with Gasteiger partial charge in [-0.15, -0.1) is 0 Å². The minimum Gasteiger partial charge on any atom is -0.323 e. The van der Waals surface area contributed by atoms with E-state index in [-0.39, 0.29) is 6.03 Å². The minimum atomic E-state index is 0.183. The van der Waals surface area contributed by atoms with Crippen LogP contribution in [0.25, 0.3) is 0 Å². The largest absolute Gasteiger partial charge is 0.323 e. The third-order valence-electron chi connectivity index (χ3n) is 2.98. The van der Waals surface area contributed by atoms with Crippen molar-refractivity contribution in [2.75, 3.05) is 19.6 Å². The van der Waals surface area contributed by atoms with Gasteiger partial charge >= 0.3 is 6.03 Å². The van der Waals surface area contributed by atoms with Gasteiger partial charge in [-0.1, -0.05) is 44.2 Å². The molecule has 0 bridgehead atoms. The molecule has 0 radical (unpaired) electrons. The van der Waals surface area contributed by atoms with Crippen LogP contribution in [0.2, 0.25) is 0 Å². The van der Waals surface area contributed by atoms with E-state index in [0.717, 1.165) is 26.2 Å². The number of benzene rings is 1. The number of hydrogen-bond acceptors (Lipinski definition) is 1. The maximum atomic E-state index is 12.1. The Bertz CT molecular complexity index is 375. The van der Waals surface area contributed by atoms with E-state index in [1.54, 1.807) is 0 Å². The Hall–Kier alpha value is -1.51. The van der Waals surface area contributed by atoms with Gasteiger partial charge in [0, 0.05) is 26.2 Å². The van der Waals surface area contributed by atoms with Crippen molar-refractivity contribution in [3.05, 3.63) is 35.9 Å². The zero-order valence-corrected chi connectivity index (χ0v) is 10.6. The lowest BCUT2D eigenvalue weighted by atomic mass is 10.2. The summed E-state index contributed by atoms with van der Waals surface area (Å²) in [5, 5.41) is 0. The molecule has 1 aliphatic rings. The van der Waals surface area contributed by atoms with Gasteiger partial charge in [0.25, 0.3) is 0 Å². The summed E-state index contributed by atoms with van der Waals surface area (Å²) in [5.41, 5.74) is 1.20. The van der Waals surface area contributed by atoms with Gasteiger partial charge in [0.15, 0.2) is 0 Å². The number of nitrogens with zero attached hydrogens (tertiary/aromatic N) is 2. The average molecular weight is 232 g/mol. The van der Waals surface area contributed by atoms with Crippen LogP contribution in [0.4, 0.5) is 4.79 Å². The molecule has 1 aromatic carbocycles. The molecule has 1 heterocycles. The predicted molar refractivity (Wildman–Crippen MR) is 68.7 cm³/mol. The maximum absolute atomic E-state index is 12.1. The molecule has 3 nitrogen and oxygen atoms in total. The van der Waals surface area contributed by atoms with E-state index in [1.807, 2.05) is 28.0 Å². The molecule has 2 amide bonds. The molecule has 1 fully saturated rings. The van der Waals surface area contributed by atoms with Gasteiger partial charge in [0.2, 0.25) is 0 Å². The number of rotatable bonds is 4. The zero-order valence-electron chi connectivity index (χ0n) is 10.6. The highest BCUT2D eigenvalue weighted by molar-refractivity contribution is 5.76. The Balaban J connectivity index is 1.94. The van der Waals surface area contributed by atoms with E-state index < -0.39 is 0 Å². The molecule has 0 atom stereocenters. The van der Waals surface area contributed by atoms with Gasteiger partial charge < -0.3 is 9.80 Å². The fourth-order valence-corrected chi connectivity index (χ4v) is 2.19. The van der Waals surface area contributed by atoms with Crippen LogP contribution in [0.3, 0.4) is 0 Å². The minimum absolute atomic E-state index is 0.183. The summed E-state index contributed by atoms with van der Waals surface area (Å²) in [6.07, 6.45) is 0. The standard InChI is InChI=1S/C14H20N2O/c1-12(2)10-15-8-9-16(14(15)17)11-13-6-4-3-5-7-13/h3-7,12H,8-11H2,1-2H3. The average Bonchev–Trinajstić information content (AvgIpc) is 2.62. The van der Waals surface area contributed by atoms with Gasteiger partial charge in [-0.2, -0.15) is 0 Å². The Kier molecular flexibility index (Phi) is 3.67. The van der Waals surface area contributed by atoms with E-state index in [0.29, 0.717) is 5.92 Å². The Morgan fingerprint density at radius 2 is 1.76 bits per heavy atom. The van der Waals surface area contributed by atoms with Crippen molar-refractivity contribution in [3.8, 4) is 0 Å². The molecular formula is C14H20N2O. The SMILES string of the molecule is CC(C)CN1CCN(Cc2ccccc2)C1=O. The maximum Gasteiger partial charge on any atom is 0.320 e. The Morgan fingerprint density at radius 1 is 1.12 bits per heavy atom. The topological polar surface area (TPSA) is 23.6 Å². The molecule has 3 heteroatoms. The number of amides is 2. The summed E-state index contributed by atoms with van der Waals surface area (Å²) in [5.74, 6) is 0.538. The summed E-state index contributed by atoms with van der Waals surface area (Å²) >= 11 is 0. The van der Waals surface area contributed by atoms with Crippen LogP contribution in [0.1, 0.15) is 19.4 Å². The molecule has 1 aromatic rings. The first-order valence-electron chi connectivity index (χ1n) is 6.24. The lowest BCUT2D eigenvalue weighted by Gasteiger charge is -2.20. The Morgan fingerprint density at radius 3 is 2.41 bits per heavy atom. The van der Waals surface area contributed by atoms with Gasteiger partial charge in [-0.05, 0) is 11.5 Å². The molecule has 0 aliphatic carbocycles. The number of carbonyl (C=O) groups is 1. The van der Waals surface area contributed by atoms with Gasteiger partial charge in [0.1, 0.15) is 0 Å². The van der Waals surface area contributed by atoms with Crippen LogP contribution in [-0.4, -0.2) is 35.5 Å². The molecule has 1 saturated heterocycles. The van der Waals surface area contributed by atoms with Crippen molar-refractivity contribution in [2.45, 2.75) is 20.4 Å². The molecule has 0 spiro atoms. The second-order valence-electron chi connectivity index (χ2n) is 5.03. The summed E-state index contributed by atoms with van der Waals surface area (Å²) in [6, 6.07) is 10.4. The van der Waals surface area contributed by atoms with Crippen LogP contribution >= 0.6 is 0 Å². The van der Waals surface area contributed by atoms with Crippen LogP contribution in [0, 0.1) is 5.92 Å². The molecule has 0 N–H and O–H groups in total. The number of urea groups is 1. The first-order valence-corrected chi connectivity index (χ1v) is 6.24. The third-order valence-corrected chi connectivity index (χ3v) is 2.98. The summed E-state index contributed by atoms with van der Waals surface area (Å²) in [6.45, 7) is 7.60. The summed E-state index contributed by atoms with van der Waals surface area (Å²) in [7, 11) is 0. The second-order valence-corrected chi connectivity index (χ2v) is 5.03. The van der Waals surface area contributed by atoms with Gasteiger partial charge in [0.05, 0.1) is 0 Å². The molecule has 17 heavy (non-hydrogen) atoms. The predicted octanol–water partition coefficient (Wildman–Crippen LogP) is 2.58. The van der Waals surface area contributed by atoms with Gasteiger partial charge in [-0.25, -0.2) is 4.79 Å². The Labute approximate surface area is 103 Å². The van der Waals surface area contributed by atoms with Crippen molar-refractivity contribution in [3.63, 3.8) is 0 Å². The fourth-order valence-electron chi connectivity index (χ4n) is 2.19. The van der Waals surface area contributed by atoms with Crippen molar-refractivity contribution >= 4 is 6.03 Å². The molecule has 92 valence electrons. The van der Waals surface area contributed by atoms with Crippen LogP contribution in [-0.2, 0) is 6.54 Å². The number of carbonyl (C=O) groups excluding carboxylic acids is 1. The highest BCUT2D eigenvalue weighted by Crippen LogP contribution is 2.14. The smallest absolute Gasteiger partial charge is 0.320 e. The highest BCUT2D eigenvalue weighted by Gasteiger charge is 2.28. The highest BCUT2D eigenvalue weighted by atomic mass is 16.2. The van der Waals surface area contributed by atoms with Crippen molar-refractivity contribution < 1.29 is 4.79 Å². The second kappa shape index (κ2) is 5.21. The first kappa shape index (κ1) is 12.0. The van der Waals surface area contributed by atoms with E-state index in [1.165, 1.54) is 5.56 Å². The quantitative estimate of drug-likeness (QED) is 0.782. The van der Waals surface area contributed by atoms with Crippen LogP contribution in [0.5, 0.6) is 0 Å². The van der Waals surface area contributed by atoms with E-state index in [9.17, 15) is 4.79 Å². The molecule has 1 aliphatic heterocycles. The normalized spacial score (nSPS) is 16.1. The molecule has 2 rings (SSSR count). The first-order chi connectivity index (χ1) is 8.16. The van der Waals surface area contributed by atoms with Crippen molar-refractivity contribution in [1.29, 1.82) is 0 Å². The third kappa shape index (κ3) is 2.99. The van der Waals surface area contributed by atoms with Crippen LogP contribution in [0.15, 0.2) is 30.3 Å². The van der Waals surface area contributed by atoms with E-state index in [2.05, 4.69) is 26.0 Å². The molecule has 0 aromatic heterocycles. The fraction of sp³-hybridized carbons (Fsp3) is 0.500. The monoisotopic (exact) mass is 232 g/mol. The number of hydrogen-bond donors (Lipinski definition) is 0. The van der Waals surface area contributed by atoms with Gasteiger partial charge in [-0.3, -0.25) is 0 Å². The molecule has 0 saturated carbocycles. The van der Waals surface area contributed by atoms with Crippen molar-refractivity contribution in [2.24, 2.45) is 5.92 Å². The summed E-state index contributed by atoms with van der Waals surface area (Å²) in [4.78, 5) is 16.0. The van der Waals surface area contributed by atoms with Crippen LogP contribution < -0.4 is 0 Å². The van der Waals surface area contributed by atoms with E-state index in [4.69, 9.17) is 0 Å². The zero-order chi connectivity index (χ0) is 12.3. The molecular weight excluding hydrogens is 212 g/mol. The summed E-state index contributed by atoms with van der Waals surface area (Å²) < 4.78 is 0. The van der Waals surface area contributed by atoms with E-state index >= 15 is 0 Å². The lowest BCUT2D eigenvalue weighted by molar-refractivity contribution is 0.186.